The summed E-state index contributed by atoms with van der Waals surface area (Å²) in [7, 11) is 3.40. The van der Waals surface area contributed by atoms with Crippen molar-refractivity contribution in [1.82, 2.24) is 0 Å². The van der Waals surface area contributed by atoms with Gasteiger partial charge in [-0.3, -0.25) is 0 Å². The number of benzene rings is 2. The Bertz CT molecular complexity index is 557. The largest absolute Gasteiger partial charge is 0.497 e. The zero-order valence-electron chi connectivity index (χ0n) is 10.4. The van der Waals surface area contributed by atoms with Crippen LogP contribution in [0.1, 0.15) is 0 Å². The van der Waals surface area contributed by atoms with Gasteiger partial charge in [-0.15, -0.1) is 0 Å². The molecule has 94 valence electrons. The van der Waals surface area contributed by atoms with Gasteiger partial charge in [0.1, 0.15) is 11.6 Å². The SMILES string of the molecule is COc1cccc(N(C)c2ccc(N)cc2F)c1. The number of ether oxygens (including phenoxy) is 1. The molecule has 2 rings (SSSR count). The molecular formula is C14H15FN2O. The minimum atomic E-state index is -0.347. The van der Waals surface area contributed by atoms with Gasteiger partial charge < -0.3 is 15.4 Å². The number of hydrogen-bond acceptors (Lipinski definition) is 3. The molecule has 3 nitrogen and oxygen atoms in total. The molecule has 0 aliphatic rings. The zero-order valence-corrected chi connectivity index (χ0v) is 10.4. The van der Waals surface area contributed by atoms with Gasteiger partial charge in [-0.25, -0.2) is 4.39 Å². The molecule has 4 heteroatoms. The summed E-state index contributed by atoms with van der Waals surface area (Å²) < 4.78 is 19.0. The van der Waals surface area contributed by atoms with E-state index in [4.69, 9.17) is 10.5 Å². The van der Waals surface area contributed by atoms with E-state index in [0.717, 1.165) is 11.4 Å². The number of anilines is 3. The van der Waals surface area contributed by atoms with Gasteiger partial charge in [-0.1, -0.05) is 6.07 Å². The van der Waals surface area contributed by atoms with Crippen LogP contribution in [0.5, 0.6) is 5.75 Å². The highest BCUT2D eigenvalue weighted by atomic mass is 19.1. The standard InChI is InChI=1S/C14H15FN2O/c1-17(11-4-3-5-12(9-11)18-2)14-7-6-10(16)8-13(14)15/h3-9H,16H2,1-2H3. The average Bonchev–Trinajstić information content (AvgIpc) is 2.38. The molecule has 0 aromatic heterocycles. The zero-order chi connectivity index (χ0) is 13.1. The number of nitrogen functional groups attached to an aromatic ring is 1. The molecule has 0 atom stereocenters. The van der Waals surface area contributed by atoms with Gasteiger partial charge in [0.25, 0.3) is 0 Å². The predicted octanol–water partition coefficient (Wildman–Crippen LogP) is 3.18. The molecule has 0 unspecified atom stereocenters. The molecule has 2 aromatic rings. The first-order valence-corrected chi connectivity index (χ1v) is 5.54. The number of nitrogens with zero attached hydrogens (tertiary/aromatic N) is 1. The molecule has 0 radical (unpaired) electrons. The fourth-order valence-electron chi connectivity index (χ4n) is 1.75. The monoisotopic (exact) mass is 246 g/mol. The van der Waals surface area contributed by atoms with E-state index < -0.39 is 0 Å². The van der Waals surface area contributed by atoms with Gasteiger partial charge in [0.2, 0.25) is 0 Å². The summed E-state index contributed by atoms with van der Waals surface area (Å²) in [5.41, 5.74) is 7.26. The van der Waals surface area contributed by atoms with Gasteiger partial charge >= 0.3 is 0 Å². The normalized spacial score (nSPS) is 10.2. The number of hydrogen-bond donors (Lipinski definition) is 1. The first-order valence-electron chi connectivity index (χ1n) is 5.54. The van der Waals surface area contributed by atoms with Crippen LogP contribution in [0.4, 0.5) is 21.5 Å². The lowest BCUT2D eigenvalue weighted by molar-refractivity contribution is 0.415. The number of nitrogens with two attached hydrogens (primary N) is 1. The van der Waals surface area contributed by atoms with Crippen molar-refractivity contribution in [3.63, 3.8) is 0 Å². The second kappa shape index (κ2) is 4.96. The predicted molar refractivity (Wildman–Crippen MR) is 71.9 cm³/mol. The van der Waals surface area contributed by atoms with Crippen molar-refractivity contribution in [2.45, 2.75) is 0 Å². The fourth-order valence-corrected chi connectivity index (χ4v) is 1.75. The highest BCUT2D eigenvalue weighted by Gasteiger charge is 2.10. The Balaban J connectivity index is 2.37. The topological polar surface area (TPSA) is 38.5 Å². The quantitative estimate of drug-likeness (QED) is 0.845. The van der Waals surface area contributed by atoms with Crippen molar-refractivity contribution in [3.05, 3.63) is 48.3 Å². The molecule has 2 aromatic carbocycles. The van der Waals surface area contributed by atoms with E-state index in [1.807, 2.05) is 24.3 Å². The Kier molecular flexibility index (Phi) is 3.37. The van der Waals surface area contributed by atoms with Crippen molar-refractivity contribution in [2.75, 3.05) is 24.8 Å². The van der Waals surface area contributed by atoms with E-state index in [1.165, 1.54) is 6.07 Å². The van der Waals surface area contributed by atoms with E-state index in [1.54, 1.807) is 31.2 Å². The van der Waals surface area contributed by atoms with Gasteiger partial charge in [0.05, 0.1) is 12.8 Å². The molecule has 0 amide bonds. The van der Waals surface area contributed by atoms with Crippen LogP contribution >= 0.6 is 0 Å². The maximum Gasteiger partial charge on any atom is 0.148 e. The first-order chi connectivity index (χ1) is 8.61. The molecule has 0 spiro atoms. The summed E-state index contributed by atoms with van der Waals surface area (Å²) in [5.74, 6) is 0.385. The van der Waals surface area contributed by atoms with Gasteiger partial charge in [0.15, 0.2) is 0 Å². The average molecular weight is 246 g/mol. The summed E-state index contributed by atoms with van der Waals surface area (Å²) in [6.45, 7) is 0. The fraction of sp³-hybridized carbons (Fsp3) is 0.143. The second-order valence-corrected chi connectivity index (χ2v) is 3.97. The maximum absolute atomic E-state index is 13.8. The molecule has 2 N–H and O–H groups in total. The van der Waals surface area contributed by atoms with Crippen molar-refractivity contribution in [3.8, 4) is 5.75 Å². The van der Waals surface area contributed by atoms with Crippen LogP contribution < -0.4 is 15.4 Å². The van der Waals surface area contributed by atoms with Crippen LogP contribution in [-0.4, -0.2) is 14.2 Å². The third kappa shape index (κ3) is 2.37. The van der Waals surface area contributed by atoms with E-state index in [2.05, 4.69) is 0 Å². The molecule has 0 aliphatic carbocycles. The summed E-state index contributed by atoms with van der Waals surface area (Å²) >= 11 is 0. The van der Waals surface area contributed by atoms with Crippen molar-refractivity contribution in [2.24, 2.45) is 0 Å². The Morgan fingerprint density at radius 3 is 2.61 bits per heavy atom. The maximum atomic E-state index is 13.8. The van der Waals surface area contributed by atoms with Gasteiger partial charge in [-0.05, 0) is 30.3 Å². The highest BCUT2D eigenvalue weighted by Crippen LogP contribution is 2.29. The van der Waals surface area contributed by atoms with Gasteiger partial charge in [0, 0.05) is 24.5 Å². The van der Waals surface area contributed by atoms with Crippen molar-refractivity contribution < 1.29 is 9.13 Å². The van der Waals surface area contributed by atoms with E-state index in [0.29, 0.717) is 11.4 Å². The Morgan fingerprint density at radius 1 is 1.17 bits per heavy atom. The van der Waals surface area contributed by atoms with E-state index in [-0.39, 0.29) is 5.82 Å². The van der Waals surface area contributed by atoms with Crippen molar-refractivity contribution >= 4 is 17.1 Å². The van der Waals surface area contributed by atoms with Gasteiger partial charge in [-0.2, -0.15) is 0 Å². The minimum Gasteiger partial charge on any atom is -0.497 e. The van der Waals surface area contributed by atoms with Crippen LogP contribution in [0.2, 0.25) is 0 Å². The number of rotatable bonds is 3. The minimum absolute atomic E-state index is 0.347. The Labute approximate surface area is 106 Å². The highest BCUT2D eigenvalue weighted by molar-refractivity contribution is 5.66. The summed E-state index contributed by atoms with van der Waals surface area (Å²) in [6, 6.07) is 12.1. The molecule has 0 saturated heterocycles. The molecule has 0 saturated carbocycles. The van der Waals surface area contributed by atoms with Crippen LogP contribution in [0.25, 0.3) is 0 Å². The first kappa shape index (κ1) is 12.2. The number of halogens is 1. The van der Waals surface area contributed by atoms with Crippen LogP contribution in [0, 0.1) is 5.82 Å². The summed E-state index contributed by atoms with van der Waals surface area (Å²) in [5, 5.41) is 0. The van der Waals surface area contributed by atoms with E-state index in [9.17, 15) is 4.39 Å². The molecule has 0 heterocycles. The molecule has 0 bridgehead atoms. The molecular weight excluding hydrogens is 231 g/mol. The van der Waals surface area contributed by atoms with E-state index >= 15 is 0 Å². The van der Waals surface area contributed by atoms with Crippen LogP contribution in [-0.2, 0) is 0 Å². The lowest BCUT2D eigenvalue weighted by Gasteiger charge is -2.20. The lowest BCUT2D eigenvalue weighted by atomic mass is 10.2. The third-order valence-corrected chi connectivity index (χ3v) is 2.77. The smallest absolute Gasteiger partial charge is 0.148 e. The van der Waals surface area contributed by atoms with Crippen LogP contribution in [0.15, 0.2) is 42.5 Å². The molecule has 0 aliphatic heterocycles. The van der Waals surface area contributed by atoms with Crippen molar-refractivity contribution in [1.29, 1.82) is 0 Å². The Hall–Kier alpha value is -2.23. The molecule has 18 heavy (non-hydrogen) atoms. The second-order valence-electron chi connectivity index (χ2n) is 3.97. The summed E-state index contributed by atoms with van der Waals surface area (Å²) in [6.07, 6.45) is 0. The summed E-state index contributed by atoms with van der Waals surface area (Å²) in [4.78, 5) is 1.75. The molecule has 0 fully saturated rings. The van der Waals surface area contributed by atoms with Crippen LogP contribution in [0.3, 0.4) is 0 Å². The number of methoxy groups -OCH3 is 1. The third-order valence-electron chi connectivity index (χ3n) is 2.77. The lowest BCUT2D eigenvalue weighted by Crippen LogP contribution is -2.11. The Morgan fingerprint density at radius 2 is 1.94 bits per heavy atom.